The summed E-state index contributed by atoms with van der Waals surface area (Å²) in [6.45, 7) is 9.27. The van der Waals surface area contributed by atoms with E-state index in [0.717, 1.165) is 6.54 Å². The second-order valence-electron chi connectivity index (χ2n) is 4.63. The summed E-state index contributed by atoms with van der Waals surface area (Å²) in [5.74, 6) is 0.579. The van der Waals surface area contributed by atoms with Crippen molar-refractivity contribution in [3.05, 3.63) is 22.9 Å². The number of nitrogens with zero attached hydrogens (tertiary/aromatic N) is 2. The van der Waals surface area contributed by atoms with E-state index < -0.39 is 0 Å². The van der Waals surface area contributed by atoms with E-state index in [-0.39, 0.29) is 11.7 Å². The Kier molecular flexibility index (Phi) is 4.18. The van der Waals surface area contributed by atoms with Crippen LogP contribution < -0.4 is 5.69 Å². The van der Waals surface area contributed by atoms with Crippen molar-refractivity contribution < 1.29 is 0 Å². The van der Waals surface area contributed by atoms with Crippen molar-refractivity contribution in [2.45, 2.75) is 53.1 Å². The lowest BCUT2D eigenvalue weighted by atomic mass is 10.1. The van der Waals surface area contributed by atoms with Gasteiger partial charge in [0.25, 0.3) is 0 Å². The van der Waals surface area contributed by atoms with Gasteiger partial charge in [0.2, 0.25) is 0 Å². The van der Waals surface area contributed by atoms with Gasteiger partial charge in [-0.15, -0.1) is 0 Å². The van der Waals surface area contributed by atoms with Crippen molar-refractivity contribution in [2.75, 3.05) is 0 Å². The van der Waals surface area contributed by atoms with E-state index in [9.17, 15) is 4.79 Å². The Labute approximate surface area is 91.7 Å². The Hall–Kier alpha value is -0.990. The molecule has 0 spiro atoms. The highest BCUT2D eigenvalue weighted by Gasteiger charge is 2.08. The van der Waals surface area contributed by atoms with Crippen molar-refractivity contribution in [3.63, 3.8) is 0 Å². The molecule has 1 aromatic rings. The first kappa shape index (κ1) is 12.1. The van der Waals surface area contributed by atoms with E-state index >= 15 is 0 Å². The second-order valence-corrected chi connectivity index (χ2v) is 4.63. The van der Waals surface area contributed by atoms with Crippen molar-refractivity contribution in [3.8, 4) is 0 Å². The van der Waals surface area contributed by atoms with Gasteiger partial charge in [-0.3, -0.25) is 9.13 Å². The molecule has 86 valence electrons. The molecule has 1 heterocycles. The molecule has 0 saturated heterocycles. The number of rotatable bonds is 5. The van der Waals surface area contributed by atoms with Crippen LogP contribution in [0.1, 0.15) is 46.6 Å². The minimum Gasteiger partial charge on any atom is -0.299 e. The van der Waals surface area contributed by atoms with Crippen LogP contribution in [0, 0.1) is 5.92 Å². The summed E-state index contributed by atoms with van der Waals surface area (Å²) in [5, 5.41) is 0. The molecule has 3 heteroatoms. The third-order valence-electron chi connectivity index (χ3n) is 2.72. The summed E-state index contributed by atoms with van der Waals surface area (Å²) >= 11 is 0. The van der Waals surface area contributed by atoms with E-state index in [1.54, 1.807) is 4.57 Å². The zero-order chi connectivity index (χ0) is 11.4. The first-order chi connectivity index (χ1) is 7.06. The summed E-state index contributed by atoms with van der Waals surface area (Å²) in [7, 11) is 0. The highest BCUT2D eigenvalue weighted by atomic mass is 16.1. The lowest BCUT2D eigenvalue weighted by Crippen LogP contribution is -2.27. The van der Waals surface area contributed by atoms with Crippen LogP contribution in [-0.4, -0.2) is 9.13 Å². The lowest BCUT2D eigenvalue weighted by molar-refractivity contribution is 0.430. The Balaban J connectivity index is 2.75. The van der Waals surface area contributed by atoms with Crippen LogP contribution >= 0.6 is 0 Å². The van der Waals surface area contributed by atoms with Gasteiger partial charge >= 0.3 is 5.69 Å². The van der Waals surface area contributed by atoms with Crippen molar-refractivity contribution in [2.24, 2.45) is 5.92 Å². The molecule has 0 aliphatic carbocycles. The van der Waals surface area contributed by atoms with Gasteiger partial charge in [0, 0.05) is 25.0 Å². The van der Waals surface area contributed by atoms with Gasteiger partial charge in [0.15, 0.2) is 0 Å². The van der Waals surface area contributed by atoms with Crippen LogP contribution in [0.2, 0.25) is 0 Å². The molecule has 0 radical (unpaired) electrons. The molecule has 1 rings (SSSR count). The maximum atomic E-state index is 11.9. The smallest absolute Gasteiger partial charge is 0.299 e. The summed E-state index contributed by atoms with van der Waals surface area (Å²) in [6, 6.07) is 0.250. The van der Waals surface area contributed by atoms with Crippen molar-refractivity contribution >= 4 is 0 Å². The van der Waals surface area contributed by atoms with Gasteiger partial charge in [0.1, 0.15) is 0 Å². The van der Waals surface area contributed by atoms with E-state index in [1.165, 1.54) is 12.8 Å². The lowest BCUT2D eigenvalue weighted by Gasteiger charge is -2.10. The van der Waals surface area contributed by atoms with Crippen LogP contribution in [0.3, 0.4) is 0 Å². The number of aromatic nitrogens is 2. The maximum Gasteiger partial charge on any atom is 0.328 e. The third-order valence-corrected chi connectivity index (χ3v) is 2.72. The monoisotopic (exact) mass is 210 g/mol. The first-order valence-electron chi connectivity index (χ1n) is 5.83. The Bertz CT molecular complexity index is 349. The number of imidazole rings is 1. The molecule has 0 aromatic carbocycles. The molecule has 0 amide bonds. The molecular weight excluding hydrogens is 188 g/mol. The van der Waals surface area contributed by atoms with Crippen LogP contribution in [0.25, 0.3) is 0 Å². The SMILES string of the molecule is CCCC(C)Cn1ccn(C(C)C)c1=O. The van der Waals surface area contributed by atoms with Gasteiger partial charge in [-0.2, -0.15) is 0 Å². The molecule has 1 aromatic heterocycles. The zero-order valence-electron chi connectivity index (χ0n) is 10.2. The van der Waals surface area contributed by atoms with E-state index in [4.69, 9.17) is 0 Å². The standard InChI is InChI=1S/C12H22N2O/c1-5-6-11(4)9-13-7-8-14(10(2)3)12(13)15/h7-8,10-11H,5-6,9H2,1-4H3. The van der Waals surface area contributed by atoms with Crippen LogP contribution in [0.5, 0.6) is 0 Å². The van der Waals surface area contributed by atoms with E-state index in [1.807, 2.05) is 30.8 Å². The molecule has 0 saturated carbocycles. The summed E-state index contributed by atoms with van der Waals surface area (Å²) in [4.78, 5) is 11.9. The number of hydrogen-bond acceptors (Lipinski definition) is 1. The largest absolute Gasteiger partial charge is 0.328 e. The van der Waals surface area contributed by atoms with Crippen LogP contribution in [-0.2, 0) is 6.54 Å². The summed E-state index contributed by atoms with van der Waals surface area (Å²) in [5.41, 5.74) is 0.118. The van der Waals surface area contributed by atoms with Gasteiger partial charge in [-0.25, -0.2) is 4.79 Å². The second kappa shape index (κ2) is 5.19. The molecule has 15 heavy (non-hydrogen) atoms. The quantitative estimate of drug-likeness (QED) is 0.734. The average Bonchev–Trinajstić information content (AvgIpc) is 2.48. The predicted molar refractivity (Wildman–Crippen MR) is 63.1 cm³/mol. The molecule has 0 N–H and O–H groups in total. The van der Waals surface area contributed by atoms with Crippen LogP contribution in [0.4, 0.5) is 0 Å². The molecule has 0 fully saturated rings. The van der Waals surface area contributed by atoms with Gasteiger partial charge in [0.05, 0.1) is 0 Å². The zero-order valence-corrected chi connectivity index (χ0v) is 10.2. The Morgan fingerprint density at radius 1 is 1.27 bits per heavy atom. The molecule has 3 nitrogen and oxygen atoms in total. The highest BCUT2D eigenvalue weighted by Crippen LogP contribution is 2.07. The van der Waals surface area contributed by atoms with E-state index in [0.29, 0.717) is 5.92 Å². The first-order valence-corrected chi connectivity index (χ1v) is 5.83. The summed E-state index contributed by atoms with van der Waals surface area (Å²) in [6.07, 6.45) is 6.14. The van der Waals surface area contributed by atoms with E-state index in [2.05, 4.69) is 13.8 Å². The maximum absolute atomic E-state index is 11.9. The van der Waals surface area contributed by atoms with Crippen molar-refractivity contribution in [1.82, 2.24) is 9.13 Å². The topological polar surface area (TPSA) is 26.9 Å². The fourth-order valence-corrected chi connectivity index (χ4v) is 1.88. The van der Waals surface area contributed by atoms with Gasteiger partial charge in [-0.05, 0) is 26.2 Å². The molecule has 1 unspecified atom stereocenters. The molecule has 0 bridgehead atoms. The predicted octanol–water partition coefficient (Wildman–Crippen LogP) is 2.67. The minimum atomic E-state index is 0.118. The fraction of sp³-hybridized carbons (Fsp3) is 0.750. The summed E-state index contributed by atoms with van der Waals surface area (Å²) < 4.78 is 3.60. The Morgan fingerprint density at radius 3 is 2.40 bits per heavy atom. The fourth-order valence-electron chi connectivity index (χ4n) is 1.88. The van der Waals surface area contributed by atoms with Gasteiger partial charge in [-0.1, -0.05) is 20.3 Å². The van der Waals surface area contributed by atoms with Crippen molar-refractivity contribution in [1.29, 1.82) is 0 Å². The molecule has 1 atom stereocenters. The average molecular weight is 210 g/mol. The highest BCUT2D eigenvalue weighted by molar-refractivity contribution is 4.84. The molecular formula is C12H22N2O. The Morgan fingerprint density at radius 2 is 1.93 bits per heavy atom. The minimum absolute atomic E-state index is 0.118. The van der Waals surface area contributed by atoms with Gasteiger partial charge < -0.3 is 0 Å². The van der Waals surface area contributed by atoms with Crippen LogP contribution in [0.15, 0.2) is 17.2 Å². The molecule has 0 aliphatic heterocycles. The number of hydrogen-bond donors (Lipinski definition) is 0. The third kappa shape index (κ3) is 2.98. The molecule has 0 aliphatic rings. The normalized spacial score (nSPS) is 13.4.